The van der Waals surface area contributed by atoms with E-state index in [9.17, 15) is 14.0 Å². The Labute approximate surface area is 201 Å². The molecule has 4 heterocycles. The van der Waals surface area contributed by atoms with Crippen LogP contribution in [0.4, 0.5) is 4.39 Å². The fourth-order valence-electron chi connectivity index (χ4n) is 4.50. The van der Waals surface area contributed by atoms with Crippen LogP contribution in [0.25, 0.3) is 22.4 Å². The second kappa shape index (κ2) is 8.98. The Morgan fingerprint density at radius 3 is 2.34 bits per heavy atom. The molecule has 35 heavy (non-hydrogen) atoms. The molecule has 0 unspecified atom stereocenters. The van der Waals surface area contributed by atoms with E-state index in [0.29, 0.717) is 60.0 Å². The molecule has 1 aliphatic rings. The highest BCUT2D eigenvalue weighted by molar-refractivity contribution is 6.07. The van der Waals surface area contributed by atoms with Gasteiger partial charge in [0.2, 0.25) is 5.91 Å². The van der Waals surface area contributed by atoms with E-state index in [1.807, 2.05) is 19.9 Å². The number of halogens is 1. The summed E-state index contributed by atoms with van der Waals surface area (Å²) in [5.41, 5.74) is 3.50. The van der Waals surface area contributed by atoms with Crippen molar-refractivity contribution >= 4 is 22.9 Å². The van der Waals surface area contributed by atoms with Crippen LogP contribution in [0.1, 0.15) is 33.1 Å². The van der Waals surface area contributed by atoms with E-state index in [2.05, 4.69) is 10.1 Å². The molecule has 0 spiro atoms. The van der Waals surface area contributed by atoms with Gasteiger partial charge in [-0.15, -0.1) is 0 Å². The number of furan rings is 1. The van der Waals surface area contributed by atoms with E-state index >= 15 is 0 Å². The van der Waals surface area contributed by atoms with Crippen LogP contribution in [0.5, 0.6) is 0 Å². The molecule has 0 radical (unpaired) electrons. The molecule has 0 atom stereocenters. The second-order valence-electron chi connectivity index (χ2n) is 8.81. The van der Waals surface area contributed by atoms with Gasteiger partial charge < -0.3 is 18.7 Å². The van der Waals surface area contributed by atoms with Gasteiger partial charge in [0.1, 0.15) is 17.3 Å². The summed E-state index contributed by atoms with van der Waals surface area (Å²) in [5.74, 6) is 0.925. The minimum Gasteiger partial charge on any atom is -0.466 e. The molecule has 1 fully saturated rings. The van der Waals surface area contributed by atoms with Gasteiger partial charge in [0.15, 0.2) is 0 Å². The van der Waals surface area contributed by atoms with Crippen molar-refractivity contribution in [3.63, 3.8) is 0 Å². The normalized spacial score (nSPS) is 14.1. The van der Waals surface area contributed by atoms with E-state index in [0.717, 1.165) is 16.9 Å². The lowest BCUT2D eigenvalue weighted by Gasteiger charge is -2.35. The standard InChI is InChI=1S/C26H25FN4O4/c1-15-12-20(17(3)34-15)22-14-21(24-16(2)29-35-25(24)28-22)26(33)31-10-8-30(9-11-31)23(32)13-18-4-6-19(27)7-5-18/h4-7,12,14H,8-11,13H2,1-3H3. The van der Waals surface area contributed by atoms with Gasteiger partial charge in [-0.05, 0) is 50.6 Å². The van der Waals surface area contributed by atoms with Crippen LogP contribution in [0.15, 0.2) is 45.3 Å². The number of piperazine rings is 1. The number of benzene rings is 1. The average molecular weight is 477 g/mol. The van der Waals surface area contributed by atoms with Crippen molar-refractivity contribution in [3.05, 3.63) is 70.6 Å². The molecule has 1 saturated heterocycles. The zero-order valence-electron chi connectivity index (χ0n) is 19.8. The number of amides is 2. The van der Waals surface area contributed by atoms with Crippen molar-refractivity contribution in [3.8, 4) is 11.3 Å². The number of hydrogen-bond donors (Lipinski definition) is 0. The maximum Gasteiger partial charge on any atom is 0.259 e. The summed E-state index contributed by atoms with van der Waals surface area (Å²) in [6.45, 7) is 7.15. The molecular weight excluding hydrogens is 451 g/mol. The van der Waals surface area contributed by atoms with Crippen molar-refractivity contribution in [2.45, 2.75) is 27.2 Å². The lowest BCUT2D eigenvalue weighted by Crippen LogP contribution is -2.51. The Morgan fingerprint density at radius 2 is 1.69 bits per heavy atom. The van der Waals surface area contributed by atoms with Crippen molar-refractivity contribution in [2.24, 2.45) is 0 Å². The molecule has 2 amide bonds. The summed E-state index contributed by atoms with van der Waals surface area (Å²) in [6.07, 6.45) is 0.200. The zero-order chi connectivity index (χ0) is 24.7. The first-order valence-electron chi connectivity index (χ1n) is 11.5. The predicted molar refractivity (Wildman–Crippen MR) is 126 cm³/mol. The Kier molecular flexibility index (Phi) is 5.84. The summed E-state index contributed by atoms with van der Waals surface area (Å²) in [7, 11) is 0. The second-order valence-corrected chi connectivity index (χ2v) is 8.81. The average Bonchev–Trinajstić information content (AvgIpc) is 3.40. The van der Waals surface area contributed by atoms with Gasteiger partial charge >= 0.3 is 0 Å². The van der Waals surface area contributed by atoms with Crippen LogP contribution in [-0.4, -0.2) is 57.9 Å². The smallest absolute Gasteiger partial charge is 0.259 e. The third-order valence-corrected chi connectivity index (χ3v) is 6.35. The Bertz CT molecular complexity index is 1420. The van der Waals surface area contributed by atoms with Gasteiger partial charge in [0.05, 0.1) is 28.8 Å². The molecule has 0 bridgehead atoms. The largest absolute Gasteiger partial charge is 0.466 e. The molecule has 9 heteroatoms. The lowest BCUT2D eigenvalue weighted by molar-refractivity contribution is -0.131. The monoisotopic (exact) mass is 476 g/mol. The van der Waals surface area contributed by atoms with Crippen LogP contribution in [0.2, 0.25) is 0 Å². The molecule has 0 N–H and O–H groups in total. The van der Waals surface area contributed by atoms with E-state index in [-0.39, 0.29) is 24.1 Å². The molecule has 0 aliphatic carbocycles. The molecule has 1 aliphatic heterocycles. The maximum atomic E-state index is 13.6. The van der Waals surface area contributed by atoms with Gasteiger partial charge in [-0.2, -0.15) is 0 Å². The van der Waals surface area contributed by atoms with Crippen LogP contribution in [0, 0.1) is 26.6 Å². The highest BCUT2D eigenvalue weighted by Gasteiger charge is 2.28. The summed E-state index contributed by atoms with van der Waals surface area (Å²) < 4.78 is 24.2. The van der Waals surface area contributed by atoms with E-state index in [1.165, 1.54) is 12.1 Å². The van der Waals surface area contributed by atoms with Crippen molar-refractivity contribution in [1.29, 1.82) is 0 Å². The van der Waals surface area contributed by atoms with Gasteiger partial charge in [-0.25, -0.2) is 9.37 Å². The Morgan fingerprint density at radius 1 is 1.00 bits per heavy atom. The molecule has 8 nitrogen and oxygen atoms in total. The number of aryl methyl sites for hydroxylation is 3. The first kappa shape index (κ1) is 22.8. The fraction of sp³-hybridized carbons (Fsp3) is 0.308. The number of rotatable bonds is 4. The topological polar surface area (TPSA) is 92.7 Å². The fourth-order valence-corrected chi connectivity index (χ4v) is 4.50. The maximum absolute atomic E-state index is 13.6. The molecule has 0 saturated carbocycles. The SMILES string of the molecule is Cc1cc(-c2cc(C(=O)N3CCN(C(=O)Cc4ccc(F)cc4)CC3)c3c(C)noc3n2)c(C)o1. The van der Waals surface area contributed by atoms with E-state index in [1.54, 1.807) is 34.9 Å². The molecule has 3 aromatic heterocycles. The highest BCUT2D eigenvalue weighted by Crippen LogP contribution is 2.31. The van der Waals surface area contributed by atoms with Crippen LogP contribution in [0.3, 0.4) is 0 Å². The molecule has 4 aromatic rings. The van der Waals surface area contributed by atoms with Crippen molar-refractivity contribution in [1.82, 2.24) is 19.9 Å². The van der Waals surface area contributed by atoms with Crippen LogP contribution < -0.4 is 0 Å². The van der Waals surface area contributed by atoms with Gasteiger partial charge in [-0.3, -0.25) is 9.59 Å². The summed E-state index contributed by atoms with van der Waals surface area (Å²) >= 11 is 0. The molecule has 5 rings (SSSR count). The minimum atomic E-state index is -0.331. The zero-order valence-corrected chi connectivity index (χ0v) is 19.8. The molecule has 1 aromatic carbocycles. The third kappa shape index (κ3) is 4.41. The molecule has 180 valence electrons. The van der Waals surface area contributed by atoms with Crippen LogP contribution in [-0.2, 0) is 11.2 Å². The number of pyridine rings is 1. The number of aromatic nitrogens is 2. The first-order valence-corrected chi connectivity index (χ1v) is 11.5. The Balaban J connectivity index is 1.35. The summed E-state index contributed by atoms with van der Waals surface area (Å²) in [5, 5.41) is 4.61. The number of hydrogen-bond acceptors (Lipinski definition) is 6. The van der Waals surface area contributed by atoms with Crippen molar-refractivity contribution < 1.29 is 22.9 Å². The lowest BCUT2D eigenvalue weighted by atomic mass is 10.0. The van der Waals surface area contributed by atoms with Gasteiger partial charge in [0, 0.05) is 31.7 Å². The number of fused-ring (bicyclic) bond motifs is 1. The predicted octanol–water partition coefficient (Wildman–Crippen LogP) is 4.07. The van der Waals surface area contributed by atoms with Crippen molar-refractivity contribution in [2.75, 3.05) is 26.2 Å². The summed E-state index contributed by atoms with van der Waals surface area (Å²) in [4.78, 5) is 34.4. The van der Waals surface area contributed by atoms with Gasteiger partial charge in [0.25, 0.3) is 11.6 Å². The molecular formula is C26H25FN4O4. The Hall–Kier alpha value is -4.01. The quantitative estimate of drug-likeness (QED) is 0.441. The first-order chi connectivity index (χ1) is 16.8. The van der Waals surface area contributed by atoms with E-state index in [4.69, 9.17) is 8.94 Å². The van der Waals surface area contributed by atoms with Crippen LogP contribution >= 0.6 is 0 Å². The van der Waals surface area contributed by atoms with Gasteiger partial charge in [-0.1, -0.05) is 17.3 Å². The minimum absolute atomic E-state index is 0.0435. The third-order valence-electron chi connectivity index (χ3n) is 6.35. The number of nitrogens with zero attached hydrogens (tertiary/aromatic N) is 4. The number of carbonyl (C=O) groups excluding carboxylic acids is 2. The highest BCUT2D eigenvalue weighted by atomic mass is 19.1. The summed E-state index contributed by atoms with van der Waals surface area (Å²) in [6, 6.07) is 9.57. The van der Waals surface area contributed by atoms with E-state index < -0.39 is 0 Å². The number of carbonyl (C=O) groups is 2.